The third kappa shape index (κ3) is 3.52. The Morgan fingerprint density at radius 1 is 1.00 bits per heavy atom. The second-order valence-corrected chi connectivity index (χ2v) is 7.01. The van der Waals surface area contributed by atoms with E-state index in [0.29, 0.717) is 6.04 Å². The van der Waals surface area contributed by atoms with Crippen LogP contribution in [0.3, 0.4) is 0 Å². The molecule has 0 radical (unpaired) electrons. The topological polar surface area (TPSA) is 12.0 Å². The van der Waals surface area contributed by atoms with Crippen LogP contribution in [0.2, 0.25) is 0 Å². The first-order chi connectivity index (χ1) is 10.2. The second kappa shape index (κ2) is 6.42. The molecule has 0 saturated heterocycles. The first-order valence-corrected chi connectivity index (χ1v) is 8.29. The van der Waals surface area contributed by atoms with E-state index in [1.54, 1.807) is 0 Å². The van der Waals surface area contributed by atoms with E-state index in [0.717, 1.165) is 13.0 Å². The quantitative estimate of drug-likeness (QED) is 0.703. The van der Waals surface area contributed by atoms with Gasteiger partial charge in [-0.2, -0.15) is 0 Å². The van der Waals surface area contributed by atoms with Gasteiger partial charge in [-0.15, -0.1) is 11.3 Å². The highest BCUT2D eigenvalue weighted by Crippen LogP contribution is 2.19. The van der Waals surface area contributed by atoms with Crippen molar-refractivity contribution in [2.75, 3.05) is 0 Å². The summed E-state index contributed by atoms with van der Waals surface area (Å²) in [6.45, 7) is 5.36. The Hall–Kier alpha value is -1.64. The molecule has 1 N–H and O–H groups in total. The number of aryl methyl sites for hydroxylation is 1. The normalized spacial score (nSPS) is 12.7. The van der Waals surface area contributed by atoms with Gasteiger partial charge in [0, 0.05) is 22.3 Å². The molecule has 3 aromatic rings. The summed E-state index contributed by atoms with van der Waals surface area (Å²) in [6.07, 6.45) is 1.10. The molecule has 2 heteroatoms. The molecule has 0 spiro atoms. The number of hydrogen-bond donors (Lipinski definition) is 1. The van der Waals surface area contributed by atoms with Gasteiger partial charge < -0.3 is 5.32 Å². The largest absolute Gasteiger partial charge is 0.310 e. The fraction of sp³-hybridized carbons (Fsp3) is 0.263. The molecule has 1 heterocycles. The van der Waals surface area contributed by atoms with Crippen LogP contribution in [0, 0.1) is 6.92 Å². The van der Waals surface area contributed by atoms with Crippen molar-refractivity contribution in [3.05, 3.63) is 69.9 Å². The fourth-order valence-corrected chi connectivity index (χ4v) is 3.72. The summed E-state index contributed by atoms with van der Waals surface area (Å²) in [4.78, 5) is 2.86. The van der Waals surface area contributed by atoms with Crippen LogP contribution in [0.1, 0.15) is 22.2 Å². The van der Waals surface area contributed by atoms with Crippen LogP contribution in [0.4, 0.5) is 0 Å². The summed E-state index contributed by atoms with van der Waals surface area (Å²) >= 11 is 1.90. The summed E-state index contributed by atoms with van der Waals surface area (Å²) in [5, 5.41) is 6.33. The molecule has 21 heavy (non-hydrogen) atoms. The highest BCUT2D eigenvalue weighted by Gasteiger charge is 2.06. The third-order valence-electron chi connectivity index (χ3n) is 3.82. The molecule has 108 valence electrons. The number of nitrogens with one attached hydrogen (secondary N) is 1. The van der Waals surface area contributed by atoms with Crippen LogP contribution in [0.15, 0.2) is 54.6 Å². The van der Waals surface area contributed by atoms with Gasteiger partial charge in [-0.25, -0.2) is 0 Å². The second-order valence-electron chi connectivity index (χ2n) is 5.64. The van der Waals surface area contributed by atoms with Crippen molar-refractivity contribution < 1.29 is 0 Å². The van der Waals surface area contributed by atoms with Crippen LogP contribution in [0.5, 0.6) is 0 Å². The van der Waals surface area contributed by atoms with Gasteiger partial charge in [0.05, 0.1) is 0 Å². The fourth-order valence-electron chi connectivity index (χ4n) is 2.70. The van der Waals surface area contributed by atoms with Gasteiger partial charge in [-0.05, 0) is 48.7 Å². The summed E-state index contributed by atoms with van der Waals surface area (Å²) in [5.74, 6) is 0. The average Bonchev–Trinajstić information content (AvgIpc) is 2.90. The lowest BCUT2D eigenvalue weighted by molar-refractivity contribution is 0.550. The number of rotatable bonds is 5. The molecule has 1 aromatic heterocycles. The van der Waals surface area contributed by atoms with E-state index in [9.17, 15) is 0 Å². The highest BCUT2D eigenvalue weighted by atomic mass is 32.1. The zero-order chi connectivity index (χ0) is 14.7. The maximum Gasteiger partial charge on any atom is 0.0214 e. The Morgan fingerprint density at radius 3 is 2.62 bits per heavy atom. The molecule has 2 aromatic carbocycles. The van der Waals surface area contributed by atoms with Crippen molar-refractivity contribution in [1.82, 2.24) is 5.32 Å². The van der Waals surface area contributed by atoms with E-state index >= 15 is 0 Å². The summed E-state index contributed by atoms with van der Waals surface area (Å²) in [6, 6.07) is 20.1. The molecular formula is C19H21NS. The average molecular weight is 295 g/mol. The van der Waals surface area contributed by atoms with Crippen molar-refractivity contribution in [1.29, 1.82) is 0 Å². The Labute approximate surface area is 130 Å². The Bertz CT molecular complexity index is 724. The molecule has 0 aliphatic heterocycles. The number of benzene rings is 2. The van der Waals surface area contributed by atoms with Gasteiger partial charge in [0.25, 0.3) is 0 Å². The molecule has 1 atom stereocenters. The van der Waals surface area contributed by atoms with Crippen LogP contribution in [-0.4, -0.2) is 6.04 Å². The lowest BCUT2D eigenvalue weighted by Crippen LogP contribution is -2.27. The predicted molar refractivity (Wildman–Crippen MR) is 93.0 cm³/mol. The van der Waals surface area contributed by atoms with Crippen molar-refractivity contribution in [2.24, 2.45) is 0 Å². The van der Waals surface area contributed by atoms with Crippen molar-refractivity contribution in [3.8, 4) is 0 Å². The third-order valence-corrected chi connectivity index (χ3v) is 4.85. The minimum atomic E-state index is 0.488. The standard InChI is InChI=1S/C19H21NS/c1-14(12-18-11-10-15(2)21-18)20-13-17-8-5-7-16-6-3-4-9-19(16)17/h3-11,14,20H,12-13H2,1-2H3. The summed E-state index contributed by atoms with van der Waals surface area (Å²) in [5.41, 5.74) is 1.38. The van der Waals surface area contributed by atoms with E-state index < -0.39 is 0 Å². The van der Waals surface area contributed by atoms with Crippen molar-refractivity contribution in [2.45, 2.75) is 32.9 Å². The number of fused-ring (bicyclic) bond motifs is 1. The van der Waals surface area contributed by atoms with Crippen LogP contribution in [-0.2, 0) is 13.0 Å². The monoisotopic (exact) mass is 295 g/mol. The zero-order valence-corrected chi connectivity index (χ0v) is 13.4. The Kier molecular flexibility index (Phi) is 4.37. The molecule has 0 bridgehead atoms. The van der Waals surface area contributed by atoms with Crippen LogP contribution in [0.25, 0.3) is 10.8 Å². The SMILES string of the molecule is Cc1ccc(CC(C)NCc2cccc3ccccc23)s1. The first-order valence-electron chi connectivity index (χ1n) is 7.48. The van der Waals surface area contributed by atoms with Gasteiger partial charge >= 0.3 is 0 Å². The summed E-state index contributed by atoms with van der Waals surface area (Å²) in [7, 11) is 0. The Balaban J connectivity index is 1.66. The molecule has 0 amide bonds. The highest BCUT2D eigenvalue weighted by molar-refractivity contribution is 7.11. The molecular weight excluding hydrogens is 274 g/mol. The van der Waals surface area contributed by atoms with Gasteiger partial charge in [0.1, 0.15) is 0 Å². The van der Waals surface area contributed by atoms with Crippen LogP contribution < -0.4 is 5.32 Å². The molecule has 1 unspecified atom stereocenters. The van der Waals surface area contributed by atoms with Crippen molar-refractivity contribution >= 4 is 22.1 Å². The number of thiophene rings is 1. The maximum atomic E-state index is 3.66. The van der Waals surface area contributed by atoms with E-state index in [1.807, 2.05) is 11.3 Å². The van der Waals surface area contributed by atoms with E-state index in [2.05, 4.69) is 73.8 Å². The Morgan fingerprint density at radius 2 is 1.81 bits per heavy atom. The maximum absolute atomic E-state index is 3.66. The molecule has 1 nitrogen and oxygen atoms in total. The van der Waals surface area contributed by atoms with Gasteiger partial charge in [0.15, 0.2) is 0 Å². The zero-order valence-electron chi connectivity index (χ0n) is 12.6. The van der Waals surface area contributed by atoms with E-state index in [1.165, 1.54) is 26.1 Å². The van der Waals surface area contributed by atoms with Crippen molar-refractivity contribution in [3.63, 3.8) is 0 Å². The smallest absolute Gasteiger partial charge is 0.0214 e. The molecule has 0 aliphatic carbocycles. The minimum absolute atomic E-state index is 0.488. The molecule has 0 fully saturated rings. The van der Waals surface area contributed by atoms with Gasteiger partial charge in [-0.1, -0.05) is 42.5 Å². The predicted octanol–water partition coefficient (Wildman–Crippen LogP) is 4.93. The summed E-state index contributed by atoms with van der Waals surface area (Å²) < 4.78 is 0. The van der Waals surface area contributed by atoms with E-state index in [-0.39, 0.29) is 0 Å². The molecule has 3 rings (SSSR count). The molecule has 0 saturated carbocycles. The lowest BCUT2D eigenvalue weighted by Gasteiger charge is -2.14. The van der Waals surface area contributed by atoms with E-state index in [4.69, 9.17) is 0 Å². The van der Waals surface area contributed by atoms with Gasteiger partial charge in [-0.3, -0.25) is 0 Å². The number of hydrogen-bond acceptors (Lipinski definition) is 2. The van der Waals surface area contributed by atoms with Crippen LogP contribution >= 0.6 is 11.3 Å². The molecule has 0 aliphatic rings. The minimum Gasteiger partial charge on any atom is -0.310 e. The van der Waals surface area contributed by atoms with Gasteiger partial charge in [0.2, 0.25) is 0 Å². The first kappa shape index (κ1) is 14.3. The lowest BCUT2D eigenvalue weighted by atomic mass is 10.0.